The molecule has 68 valence electrons. The number of aromatic hydroxyl groups is 1. The fourth-order valence-electron chi connectivity index (χ4n) is 1.28. The average Bonchev–Trinajstić information content (AvgIpc) is 2.51. The summed E-state index contributed by atoms with van der Waals surface area (Å²) in [7, 11) is 0. The largest absolute Gasteiger partial charge is 0.506 e. The molecule has 1 aromatic carbocycles. The molecular formula is C9H6ClIOS. The van der Waals surface area contributed by atoms with Crippen LogP contribution in [0, 0.1) is 3.57 Å². The number of rotatable bonds is 1. The molecule has 2 aromatic rings. The minimum Gasteiger partial charge on any atom is -0.506 e. The van der Waals surface area contributed by atoms with Gasteiger partial charge in [0.2, 0.25) is 0 Å². The van der Waals surface area contributed by atoms with Crippen molar-refractivity contribution in [3.63, 3.8) is 0 Å². The first-order valence-corrected chi connectivity index (χ1v) is 6.17. The zero-order chi connectivity index (χ0) is 9.42. The Morgan fingerprint density at radius 1 is 1.46 bits per heavy atom. The molecule has 0 fully saturated rings. The molecule has 0 unspecified atom stereocenters. The van der Waals surface area contributed by atoms with Crippen LogP contribution in [0.5, 0.6) is 5.75 Å². The summed E-state index contributed by atoms with van der Waals surface area (Å²) in [6, 6.07) is 3.99. The van der Waals surface area contributed by atoms with E-state index < -0.39 is 0 Å². The van der Waals surface area contributed by atoms with Crippen molar-refractivity contribution in [2.75, 3.05) is 0 Å². The van der Waals surface area contributed by atoms with Crippen LogP contribution in [0.15, 0.2) is 17.5 Å². The number of thiophene rings is 1. The highest BCUT2D eigenvalue weighted by atomic mass is 127. The normalized spacial score (nSPS) is 10.9. The van der Waals surface area contributed by atoms with Crippen molar-refractivity contribution in [3.05, 3.63) is 26.6 Å². The molecule has 0 radical (unpaired) electrons. The number of hydrogen-bond acceptors (Lipinski definition) is 2. The SMILES string of the molecule is Oc1csc2c(I)ccc(CCl)c12. The van der Waals surface area contributed by atoms with Crippen molar-refractivity contribution in [2.45, 2.75) is 5.88 Å². The van der Waals surface area contributed by atoms with Crippen LogP contribution in [-0.4, -0.2) is 5.11 Å². The predicted octanol–water partition coefficient (Wildman–Crippen LogP) is 3.95. The summed E-state index contributed by atoms with van der Waals surface area (Å²) < 4.78 is 2.28. The quantitative estimate of drug-likeness (QED) is 0.622. The van der Waals surface area contributed by atoms with Gasteiger partial charge in [0.25, 0.3) is 0 Å². The maximum Gasteiger partial charge on any atom is 0.134 e. The van der Waals surface area contributed by atoms with E-state index in [2.05, 4.69) is 22.6 Å². The summed E-state index contributed by atoms with van der Waals surface area (Å²) in [6.07, 6.45) is 0. The predicted molar refractivity (Wildman–Crippen MR) is 65.8 cm³/mol. The molecular weight excluding hydrogens is 319 g/mol. The molecule has 0 bridgehead atoms. The summed E-state index contributed by atoms with van der Waals surface area (Å²) in [5, 5.41) is 12.3. The number of fused-ring (bicyclic) bond motifs is 1. The monoisotopic (exact) mass is 324 g/mol. The Kier molecular flexibility index (Phi) is 2.67. The fourth-order valence-corrected chi connectivity index (χ4v) is 3.21. The van der Waals surface area contributed by atoms with E-state index in [0.29, 0.717) is 11.6 Å². The summed E-state index contributed by atoms with van der Waals surface area (Å²) in [5.74, 6) is 0.784. The fraction of sp³-hybridized carbons (Fsp3) is 0.111. The van der Waals surface area contributed by atoms with Crippen LogP contribution in [0.1, 0.15) is 5.56 Å². The van der Waals surface area contributed by atoms with Crippen LogP contribution in [0.3, 0.4) is 0 Å². The first kappa shape index (κ1) is 9.55. The van der Waals surface area contributed by atoms with Crippen LogP contribution >= 0.6 is 45.5 Å². The van der Waals surface area contributed by atoms with Crippen molar-refractivity contribution in [1.29, 1.82) is 0 Å². The van der Waals surface area contributed by atoms with E-state index in [1.807, 2.05) is 12.1 Å². The molecule has 0 saturated carbocycles. The highest BCUT2D eigenvalue weighted by molar-refractivity contribution is 14.1. The minimum atomic E-state index is 0.342. The van der Waals surface area contributed by atoms with Gasteiger partial charge in [0.05, 0.1) is 4.70 Å². The zero-order valence-corrected chi connectivity index (χ0v) is 10.3. The molecule has 1 nitrogen and oxygen atoms in total. The molecule has 0 amide bonds. The Bertz CT molecular complexity index is 452. The number of halogens is 2. The molecule has 0 aliphatic carbocycles. The summed E-state index contributed by atoms with van der Waals surface area (Å²) in [4.78, 5) is 0. The Morgan fingerprint density at radius 2 is 2.23 bits per heavy atom. The smallest absolute Gasteiger partial charge is 0.134 e. The molecule has 1 heterocycles. The lowest BCUT2D eigenvalue weighted by Crippen LogP contribution is -1.80. The van der Waals surface area contributed by atoms with Gasteiger partial charge < -0.3 is 5.11 Å². The van der Waals surface area contributed by atoms with E-state index in [1.165, 1.54) is 0 Å². The van der Waals surface area contributed by atoms with E-state index in [0.717, 1.165) is 19.2 Å². The summed E-state index contributed by atoms with van der Waals surface area (Å²) >= 11 is 9.59. The maximum absolute atomic E-state index is 9.60. The maximum atomic E-state index is 9.60. The highest BCUT2D eigenvalue weighted by Crippen LogP contribution is 2.37. The van der Waals surface area contributed by atoms with Gasteiger partial charge in [-0.25, -0.2) is 0 Å². The molecule has 4 heteroatoms. The van der Waals surface area contributed by atoms with Crippen molar-refractivity contribution in [1.82, 2.24) is 0 Å². The van der Waals surface area contributed by atoms with Gasteiger partial charge in [-0.3, -0.25) is 0 Å². The van der Waals surface area contributed by atoms with Crippen LogP contribution in [0.25, 0.3) is 10.1 Å². The number of alkyl halides is 1. The van der Waals surface area contributed by atoms with E-state index in [9.17, 15) is 5.11 Å². The molecule has 13 heavy (non-hydrogen) atoms. The lowest BCUT2D eigenvalue weighted by molar-refractivity contribution is 0.483. The Labute approximate surface area is 98.5 Å². The van der Waals surface area contributed by atoms with Crippen LogP contribution < -0.4 is 0 Å². The molecule has 2 rings (SSSR count). The lowest BCUT2D eigenvalue weighted by atomic mass is 10.1. The van der Waals surface area contributed by atoms with Gasteiger partial charge in [-0.15, -0.1) is 22.9 Å². The average molecular weight is 325 g/mol. The first-order valence-electron chi connectivity index (χ1n) is 3.67. The second-order valence-electron chi connectivity index (χ2n) is 2.67. The van der Waals surface area contributed by atoms with Gasteiger partial charge in [-0.1, -0.05) is 6.07 Å². The summed E-state index contributed by atoms with van der Waals surface area (Å²) in [5.41, 5.74) is 0.996. The molecule has 0 aliphatic rings. The van der Waals surface area contributed by atoms with Crippen LogP contribution in [-0.2, 0) is 5.88 Å². The molecule has 1 aromatic heterocycles. The van der Waals surface area contributed by atoms with Crippen molar-refractivity contribution >= 4 is 55.6 Å². The van der Waals surface area contributed by atoms with Gasteiger partial charge >= 0.3 is 0 Å². The zero-order valence-electron chi connectivity index (χ0n) is 6.55. The third-order valence-electron chi connectivity index (χ3n) is 1.88. The molecule has 0 saturated heterocycles. The van der Waals surface area contributed by atoms with E-state index >= 15 is 0 Å². The number of benzene rings is 1. The third-order valence-corrected chi connectivity index (χ3v) is 4.44. The third kappa shape index (κ3) is 1.53. The molecule has 0 spiro atoms. The van der Waals surface area contributed by atoms with E-state index in [4.69, 9.17) is 11.6 Å². The van der Waals surface area contributed by atoms with Crippen molar-refractivity contribution in [3.8, 4) is 5.75 Å². The molecule has 1 N–H and O–H groups in total. The highest BCUT2D eigenvalue weighted by Gasteiger charge is 2.09. The second-order valence-corrected chi connectivity index (χ2v) is 4.97. The van der Waals surface area contributed by atoms with Crippen LogP contribution in [0.2, 0.25) is 0 Å². The van der Waals surface area contributed by atoms with Gasteiger partial charge in [-0.2, -0.15) is 0 Å². The Balaban J connectivity index is 2.88. The topological polar surface area (TPSA) is 20.2 Å². The van der Waals surface area contributed by atoms with E-state index in [-0.39, 0.29) is 0 Å². The second kappa shape index (κ2) is 3.63. The van der Waals surface area contributed by atoms with Gasteiger partial charge in [0.15, 0.2) is 0 Å². The Morgan fingerprint density at radius 3 is 2.92 bits per heavy atom. The Hall–Kier alpha value is -0.0000000000000000555. The number of hydrogen-bond donors (Lipinski definition) is 1. The van der Waals surface area contributed by atoms with E-state index in [1.54, 1.807) is 16.7 Å². The first-order chi connectivity index (χ1) is 6.24. The molecule has 0 atom stereocenters. The lowest BCUT2D eigenvalue weighted by Gasteiger charge is -2.00. The van der Waals surface area contributed by atoms with Gasteiger partial charge in [0, 0.05) is 20.2 Å². The van der Waals surface area contributed by atoms with Gasteiger partial charge in [0.1, 0.15) is 5.75 Å². The molecule has 0 aliphatic heterocycles. The standard InChI is InChI=1S/C9H6ClIOS/c10-3-5-1-2-6(11)9-8(5)7(12)4-13-9/h1-2,4,12H,3H2. The van der Waals surface area contributed by atoms with Crippen molar-refractivity contribution < 1.29 is 5.11 Å². The summed E-state index contributed by atoms with van der Waals surface area (Å²) in [6.45, 7) is 0. The minimum absolute atomic E-state index is 0.342. The van der Waals surface area contributed by atoms with Crippen molar-refractivity contribution in [2.24, 2.45) is 0 Å². The van der Waals surface area contributed by atoms with Crippen LogP contribution in [0.4, 0.5) is 0 Å². The van der Waals surface area contributed by atoms with Gasteiger partial charge in [-0.05, 0) is 34.2 Å².